The summed E-state index contributed by atoms with van der Waals surface area (Å²) in [6, 6.07) is 19.4. The number of ketones is 1. The summed E-state index contributed by atoms with van der Waals surface area (Å²) in [6.45, 7) is 0. The number of hydrogen-bond acceptors (Lipinski definition) is 3. The van der Waals surface area contributed by atoms with Gasteiger partial charge in [0.05, 0.1) is 0 Å². The van der Waals surface area contributed by atoms with Crippen LogP contribution in [-0.4, -0.2) is 25.7 Å². The van der Waals surface area contributed by atoms with E-state index in [1.165, 1.54) is 0 Å². The molecule has 4 rings (SSSR count). The van der Waals surface area contributed by atoms with Crippen molar-refractivity contribution in [3.63, 3.8) is 0 Å². The van der Waals surface area contributed by atoms with Crippen molar-refractivity contribution in [3.05, 3.63) is 120 Å². The van der Waals surface area contributed by atoms with Crippen LogP contribution < -0.4 is 0 Å². The molecule has 0 aliphatic carbocycles. The number of allylic oxidation sites excluding steroid dienone is 2. The Labute approximate surface area is 162 Å². The van der Waals surface area contributed by atoms with Gasteiger partial charge >= 0.3 is 0 Å². The number of aromatic amines is 2. The first-order valence-corrected chi connectivity index (χ1v) is 8.89. The molecule has 2 aromatic heterocycles. The molecule has 5 heteroatoms. The van der Waals surface area contributed by atoms with Crippen LogP contribution in [0.3, 0.4) is 0 Å². The molecule has 0 bridgehead atoms. The van der Waals surface area contributed by atoms with Gasteiger partial charge in [-0.3, -0.25) is 4.79 Å². The van der Waals surface area contributed by atoms with Gasteiger partial charge in [-0.25, -0.2) is 9.97 Å². The van der Waals surface area contributed by atoms with Crippen molar-refractivity contribution in [2.75, 3.05) is 0 Å². The van der Waals surface area contributed by atoms with Gasteiger partial charge in [-0.15, -0.1) is 0 Å². The normalized spacial score (nSPS) is 12.1. The van der Waals surface area contributed by atoms with Crippen LogP contribution >= 0.6 is 0 Å². The number of imidazole rings is 2. The first-order valence-electron chi connectivity index (χ1n) is 8.89. The average molecular weight is 366 g/mol. The largest absolute Gasteiger partial charge is 0.345 e. The Morgan fingerprint density at radius 2 is 1.11 bits per heavy atom. The summed E-state index contributed by atoms with van der Waals surface area (Å²) in [5.41, 5.74) is 3.30. The summed E-state index contributed by atoms with van der Waals surface area (Å²) in [4.78, 5) is 27.8. The monoisotopic (exact) mass is 366 g/mol. The average Bonchev–Trinajstić information content (AvgIpc) is 3.46. The summed E-state index contributed by atoms with van der Waals surface area (Å²) in [5.74, 6) is 1.14. The SMILES string of the molecule is O=C(C=C(c1ccccc1)c1ncc[nH]1)C=C(c1ccccc1)c1ncc[nH]1. The number of nitrogens with one attached hydrogen (secondary N) is 2. The molecule has 0 saturated heterocycles. The lowest BCUT2D eigenvalue weighted by molar-refractivity contribution is -0.110. The van der Waals surface area contributed by atoms with Gasteiger partial charge < -0.3 is 9.97 Å². The van der Waals surface area contributed by atoms with E-state index in [0.717, 1.165) is 22.3 Å². The van der Waals surface area contributed by atoms with Crippen molar-refractivity contribution in [1.82, 2.24) is 19.9 Å². The highest BCUT2D eigenvalue weighted by atomic mass is 16.1. The van der Waals surface area contributed by atoms with E-state index < -0.39 is 0 Å². The zero-order chi connectivity index (χ0) is 19.2. The summed E-state index contributed by atoms with van der Waals surface area (Å²) in [5, 5.41) is 0. The minimum atomic E-state index is -0.148. The number of carbonyl (C=O) groups excluding carboxylic acids is 1. The van der Waals surface area contributed by atoms with Gasteiger partial charge in [-0.05, 0) is 23.3 Å². The maximum atomic E-state index is 13.0. The summed E-state index contributed by atoms with van der Waals surface area (Å²) in [6.07, 6.45) is 10.0. The van der Waals surface area contributed by atoms with Gasteiger partial charge in [-0.2, -0.15) is 0 Å². The lowest BCUT2D eigenvalue weighted by Gasteiger charge is -2.06. The number of aromatic nitrogens is 4. The number of hydrogen-bond donors (Lipinski definition) is 2. The first-order chi connectivity index (χ1) is 13.8. The van der Waals surface area contributed by atoms with Crippen molar-refractivity contribution in [1.29, 1.82) is 0 Å². The van der Waals surface area contributed by atoms with E-state index in [4.69, 9.17) is 0 Å². The van der Waals surface area contributed by atoms with Crippen molar-refractivity contribution >= 4 is 16.9 Å². The number of nitrogens with zero attached hydrogens (tertiary/aromatic N) is 2. The molecule has 0 saturated carbocycles. The van der Waals surface area contributed by atoms with E-state index in [0.29, 0.717) is 11.6 Å². The van der Waals surface area contributed by atoms with Crippen LogP contribution in [0.5, 0.6) is 0 Å². The van der Waals surface area contributed by atoms with Crippen LogP contribution in [-0.2, 0) is 4.79 Å². The second-order valence-electron chi connectivity index (χ2n) is 6.13. The molecule has 0 radical (unpaired) electrons. The van der Waals surface area contributed by atoms with E-state index in [1.807, 2.05) is 60.7 Å². The van der Waals surface area contributed by atoms with E-state index in [-0.39, 0.29) is 5.78 Å². The zero-order valence-electron chi connectivity index (χ0n) is 15.0. The number of benzene rings is 2. The molecule has 2 aromatic carbocycles. The second-order valence-corrected chi connectivity index (χ2v) is 6.13. The number of H-pyrrole nitrogens is 2. The highest BCUT2D eigenvalue weighted by molar-refractivity contribution is 6.10. The number of rotatable bonds is 6. The molecule has 0 amide bonds. The Morgan fingerprint density at radius 1 is 0.679 bits per heavy atom. The molecule has 2 N–H and O–H groups in total. The van der Waals surface area contributed by atoms with Gasteiger partial charge in [0.2, 0.25) is 0 Å². The molecule has 4 aromatic rings. The Hall–Kier alpha value is -3.99. The minimum Gasteiger partial charge on any atom is -0.345 e. The Balaban J connectivity index is 1.77. The molecule has 0 aliphatic heterocycles. The van der Waals surface area contributed by atoms with Gasteiger partial charge in [0.15, 0.2) is 5.78 Å². The summed E-state index contributed by atoms with van der Waals surface area (Å²) >= 11 is 0. The zero-order valence-corrected chi connectivity index (χ0v) is 15.0. The lowest BCUT2D eigenvalue weighted by atomic mass is 10.0. The van der Waals surface area contributed by atoms with Crippen molar-refractivity contribution in [2.45, 2.75) is 0 Å². The van der Waals surface area contributed by atoms with Crippen molar-refractivity contribution < 1.29 is 4.79 Å². The fourth-order valence-corrected chi connectivity index (χ4v) is 2.96. The standard InChI is InChI=1S/C23H18N4O/c28-19(15-20(22-24-11-12-25-22)17-7-3-1-4-8-17)16-21(23-26-13-14-27-23)18-9-5-2-6-10-18/h1-16H,(H,24,25)(H,26,27). The van der Waals surface area contributed by atoms with Gasteiger partial charge in [0, 0.05) is 35.9 Å². The molecular weight excluding hydrogens is 348 g/mol. The first kappa shape index (κ1) is 17.4. The van der Waals surface area contributed by atoms with Gasteiger partial charge in [-0.1, -0.05) is 60.7 Å². The predicted octanol–water partition coefficient (Wildman–Crippen LogP) is 4.27. The smallest absolute Gasteiger partial charge is 0.180 e. The molecule has 0 aliphatic rings. The van der Waals surface area contributed by atoms with E-state index in [2.05, 4.69) is 19.9 Å². The molecule has 2 heterocycles. The predicted molar refractivity (Wildman–Crippen MR) is 109 cm³/mol. The van der Waals surface area contributed by atoms with Crippen LogP contribution in [0.4, 0.5) is 0 Å². The third kappa shape index (κ3) is 3.88. The maximum absolute atomic E-state index is 13.0. The lowest BCUT2D eigenvalue weighted by Crippen LogP contribution is -1.99. The molecule has 5 nitrogen and oxygen atoms in total. The van der Waals surface area contributed by atoms with Crippen LogP contribution in [0.25, 0.3) is 11.1 Å². The Morgan fingerprint density at radius 3 is 1.46 bits per heavy atom. The van der Waals surface area contributed by atoms with Crippen LogP contribution in [0.15, 0.2) is 97.6 Å². The fourth-order valence-electron chi connectivity index (χ4n) is 2.96. The highest BCUT2D eigenvalue weighted by Crippen LogP contribution is 2.23. The topological polar surface area (TPSA) is 74.4 Å². The van der Waals surface area contributed by atoms with Gasteiger partial charge in [0.25, 0.3) is 0 Å². The molecule has 0 atom stereocenters. The van der Waals surface area contributed by atoms with E-state index >= 15 is 0 Å². The minimum absolute atomic E-state index is 0.148. The maximum Gasteiger partial charge on any atom is 0.180 e. The van der Waals surface area contributed by atoms with E-state index in [9.17, 15) is 4.79 Å². The van der Waals surface area contributed by atoms with Crippen LogP contribution in [0, 0.1) is 0 Å². The second kappa shape index (κ2) is 8.14. The van der Waals surface area contributed by atoms with Crippen LogP contribution in [0.1, 0.15) is 22.8 Å². The third-order valence-electron chi connectivity index (χ3n) is 4.25. The van der Waals surface area contributed by atoms with Gasteiger partial charge in [0.1, 0.15) is 11.6 Å². The summed E-state index contributed by atoms with van der Waals surface area (Å²) < 4.78 is 0. The quantitative estimate of drug-likeness (QED) is 0.501. The molecule has 0 spiro atoms. The van der Waals surface area contributed by atoms with Crippen molar-refractivity contribution in [3.8, 4) is 0 Å². The van der Waals surface area contributed by atoms with Crippen LogP contribution in [0.2, 0.25) is 0 Å². The Kier molecular flexibility index (Phi) is 5.06. The summed E-state index contributed by atoms with van der Waals surface area (Å²) in [7, 11) is 0. The molecular formula is C23H18N4O. The van der Waals surface area contributed by atoms with Crippen molar-refractivity contribution in [2.24, 2.45) is 0 Å². The molecule has 0 unspecified atom stereocenters. The third-order valence-corrected chi connectivity index (χ3v) is 4.25. The highest BCUT2D eigenvalue weighted by Gasteiger charge is 2.12. The molecule has 0 fully saturated rings. The molecule has 28 heavy (non-hydrogen) atoms. The van der Waals surface area contributed by atoms with E-state index in [1.54, 1.807) is 36.9 Å². The molecule has 136 valence electrons. The Bertz CT molecular complexity index is 1000. The number of carbonyl (C=O) groups is 1. The fraction of sp³-hybridized carbons (Fsp3) is 0.